The normalized spacial score (nSPS) is 27.3. The van der Waals surface area contributed by atoms with Gasteiger partial charge in [-0.05, 0) is 6.42 Å². The van der Waals surface area contributed by atoms with Gasteiger partial charge in [-0.25, -0.2) is 0 Å². The predicted octanol–water partition coefficient (Wildman–Crippen LogP) is 0.548. The Labute approximate surface area is 74.8 Å². The first kappa shape index (κ1) is 9.45. The Balaban J connectivity index is 2.01. The van der Waals surface area contributed by atoms with Crippen LogP contribution in [-0.2, 0) is 9.47 Å². The summed E-state index contributed by atoms with van der Waals surface area (Å²) < 4.78 is 10.5. The molecule has 1 aliphatic heterocycles. The molecular weight excluding hydrogens is 212 g/mol. The molecule has 1 rings (SSSR count). The summed E-state index contributed by atoms with van der Waals surface area (Å²) in [5.41, 5.74) is 0. The maximum Gasteiger partial charge on any atom is 0.0870 e. The minimum Gasteiger partial charge on any atom is -0.390 e. The smallest absolute Gasteiger partial charge is 0.0870 e. The molecule has 0 radical (unpaired) electrons. The Kier molecular flexibility index (Phi) is 4.37. The van der Waals surface area contributed by atoms with Gasteiger partial charge in [0.05, 0.1) is 25.4 Å². The van der Waals surface area contributed by atoms with Crippen molar-refractivity contribution in [2.45, 2.75) is 18.6 Å². The molecule has 0 aliphatic carbocycles. The van der Waals surface area contributed by atoms with E-state index in [0.717, 1.165) is 13.0 Å². The van der Waals surface area contributed by atoms with Crippen molar-refractivity contribution >= 4 is 15.9 Å². The van der Waals surface area contributed by atoms with Gasteiger partial charge in [-0.2, -0.15) is 0 Å². The molecular formula is C7H13BrO3. The monoisotopic (exact) mass is 224 g/mol. The minimum atomic E-state index is -0.393. The maximum atomic E-state index is 9.11. The highest BCUT2D eigenvalue weighted by Crippen LogP contribution is 2.08. The minimum absolute atomic E-state index is 0.198. The third-order valence-electron chi connectivity index (χ3n) is 1.59. The molecule has 0 spiro atoms. The molecule has 1 saturated heterocycles. The second kappa shape index (κ2) is 5.09. The van der Waals surface area contributed by atoms with Gasteiger partial charge in [-0.3, -0.25) is 0 Å². The van der Waals surface area contributed by atoms with E-state index in [9.17, 15) is 0 Å². The van der Waals surface area contributed by atoms with E-state index in [1.54, 1.807) is 0 Å². The highest BCUT2D eigenvalue weighted by molar-refractivity contribution is 9.09. The van der Waals surface area contributed by atoms with Gasteiger partial charge >= 0.3 is 0 Å². The maximum absolute atomic E-state index is 9.11. The lowest BCUT2D eigenvalue weighted by Crippen LogP contribution is -2.22. The van der Waals surface area contributed by atoms with E-state index in [1.807, 2.05) is 0 Å². The second-order valence-corrected chi connectivity index (χ2v) is 3.27. The Hall–Kier alpha value is 0.360. The van der Waals surface area contributed by atoms with Crippen LogP contribution in [0.4, 0.5) is 0 Å². The van der Waals surface area contributed by atoms with Crippen molar-refractivity contribution in [3.05, 3.63) is 0 Å². The van der Waals surface area contributed by atoms with E-state index in [2.05, 4.69) is 15.9 Å². The van der Waals surface area contributed by atoms with Crippen LogP contribution in [0.3, 0.4) is 0 Å². The van der Waals surface area contributed by atoms with Crippen LogP contribution in [-0.4, -0.2) is 42.5 Å². The quantitative estimate of drug-likeness (QED) is 0.710. The molecule has 2 atom stereocenters. The zero-order valence-electron chi connectivity index (χ0n) is 6.33. The third-order valence-corrected chi connectivity index (χ3v) is 2.34. The summed E-state index contributed by atoms with van der Waals surface area (Å²) in [6.45, 7) is 1.86. The van der Waals surface area contributed by atoms with Crippen molar-refractivity contribution in [3.8, 4) is 0 Å². The molecule has 4 heteroatoms. The van der Waals surface area contributed by atoms with Crippen molar-refractivity contribution < 1.29 is 14.6 Å². The summed E-state index contributed by atoms with van der Waals surface area (Å²) in [6, 6.07) is 0. The van der Waals surface area contributed by atoms with Crippen molar-refractivity contribution in [3.63, 3.8) is 0 Å². The number of ether oxygens (including phenoxy) is 2. The first-order chi connectivity index (χ1) is 5.33. The van der Waals surface area contributed by atoms with Crippen molar-refractivity contribution in [2.24, 2.45) is 0 Å². The lowest BCUT2D eigenvalue weighted by Gasteiger charge is -2.12. The average molecular weight is 225 g/mol. The summed E-state index contributed by atoms with van der Waals surface area (Å²) in [4.78, 5) is 0. The molecule has 0 amide bonds. The molecule has 0 saturated carbocycles. The number of halogens is 1. The third kappa shape index (κ3) is 3.51. The number of aliphatic hydroxyl groups excluding tert-OH is 1. The fourth-order valence-corrected chi connectivity index (χ4v) is 1.12. The van der Waals surface area contributed by atoms with Gasteiger partial charge in [-0.1, -0.05) is 15.9 Å². The summed E-state index contributed by atoms with van der Waals surface area (Å²) in [5, 5.41) is 9.68. The highest BCUT2D eigenvalue weighted by Gasteiger charge is 2.16. The van der Waals surface area contributed by atoms with Crippen LogP contribution in [0.1, 0.15) is 6.42 Å². The predicted molar refractivity (Wildman–Crippen MR) is 45.0 cm³/mol. The van der Waals surface area contributed by atoms with Crippen LogP contribution in [0.5, 0.6) is 0 Å². The number of aliphatic hydroxyl groups is 1. The summed E-state index contributed by atoms with van der Waals surface area (Å²) in [6.07, 6.45) is 0.758. The Morgan fingerprint density at radius 3 is 3.09 bits per heavy atom. The van der Waals surface area contributed by atoms with Crippen LogP contribution in [0.2, 0.25) is 0 Å². The number of hydrogen-bond donors (Lipinski definition) is 1. The van der Waals surface area contributed by atoms with E-state index >= 15 is 0 Å². The molecule has 1 N–H and O–H groups in total. The summed E-state index contributed by atoms with van der Waals surface area (Å²) >= 11 is 3.16. The zero-order valence-corrected chi connectivity index (χ0v) is 7.92. The first-order valence-electron chi connectivity index (χ1n) is 3.76. The second-order valence-electron chi connectivity index (χ2n) is 2.63. The van der Waals surface area contributed by atoms with Gasteiger partial charge in [-0.15, -0.1) is 0 Å². The van der Waals surface area contributed by atoms with Crippen molar-refractivity contribution in [1.29, 1.82) is 0 Å². The highest BCUT2D eigenvalue weighted by atomic mass is 79.9. The molecule has 66 valence electrons. The van der Waals surface area contributed by atoms with Crippen LogP contribution in [0, 0.1) is 0 Å². The lowest BCUT2D eigenvalue weighted by molar-refractivity contribution is -0.00418. The van der Waals surface area contributed by atoms with Gasteiger partial charge in [0, 0.05) is 11.9 Å². The fraction of sp³-hybridized carbons (Fsp3) is 1.00. The topological polar surface area (TPSA) is 38.7 Å². The molecule has 0 aromatic carbocycles. The van der Waals surface area contributed by atoms with E-state index in [0.29, 0.717) is 18.5 Å². The van der Waals surface area contributed by atoms with E-state index in [-0.39, 0.29) is 6.10 Å². The van der Waals surface area contributed by atoms with Crippen LogP contribution >= 0.6 is 15.9 Å². The lowest BCUT2D eigenvalue weighted by atomic mass is 10.3. The fourth-order valence-electron chi connectivity index (χ4n) is 0.936. The van der Waals surface area contributed by atoms with E-state index in [1.165, 1.54) is 0 Å². The number of rotatable bonds is 4. The zero-order chi connectivity index (χ0) is 8.10. The van der Waals surface area contributed by atoms with Gasteiger partial charge in [0.2, 0.25) is 0 Å². The van der Waals surface area contributed by atoms with Gasteiger partial charge in [0.25, 0.3) is 0 Å². The van der Waals surface area contributed by atoms with Crippen LogP contribution < -0.4 is 0 Å². The number of hydrogen-bond acceptors (Lipinski definition) is 3. The molecule has 0 bridgehead atoms. The average Bonchev–Trinajstić information content (AvgIpc) is 2.52. The van der Waals surface area contributed by atoms with Crippen LogP contribution in [0.25, 0.3) is 0 Å². The SMILES string of the molecule is OC(CBr)COC1CCOC1. The van der Waals surface area contributed by atoms with Gasteiger partial charge in [0.15, 0.2) is 0 Å². The first-order valence-corrected chi connectivity index (χ1v) is 4.88. The molecule has 3 nitrogen and oxygen atoms in total. The summed E-state index contributed by atoms with van der Waals surface area (Å²) in [5.74, 6) is 0. The molecule has 1 heterocycles. The van der Waals surface area contributed by atoms with E-state index in [4.69, 9.17) is 14.6 Å². The van der Waals surface area contributed by atoms with Gasteiger partial charge < -0.3 is 14.6 Å². The van der Waals surface area contributed by atoms with Crippen molar-refractivity contribution in [1.82, 2.24) is 0 Å². The molecule has 0 aromatic heterocycles. The molecule has 0 aromatic rings. The van der Waals surface area contributed by atoms with Gasteiger partial charge in [0.1, 0.15) is 0 Å². The largest absolute Gasteiger partial charge is 0.390 e. The molecule has 1 aliphatic rings. The standard InChI is InChI=1S/C7H13BrO3/c8-3-6(9)4-11-7-1-2-10-5-7/h6-7,9H,1-5H2. The van der Waals surface area contributed by atoms with Crippen molar-refractivity contribution in [2.75, 3.05) is 25.2 Å². The molecule has 11 heavy (non-hydrogen) atoms. The van der Waals surface area contributed by atoms with Crippen LogP contribution in [0.15, 0.2) is 0 Å². The Bertz CT molecular complexity index is 104. The number of alkyl halides is 1. The molecule has 2 unspecified atom stereocenters. The summed E-state index contributed by atoms with van der Waals surface area (Å²) in [7, 11) is 0. The van der Waals surface area contributed by atoms with E-state index < -0.39 is 6.10 Å². The Morgan fingerprint density at radius 2 is 2.55 bits per heavy atom. The molecule has 1 fully saturated rings. The Morgan fingerprint density at radius 1 is 1.73 bits per heavy atom.